The van der Waals surface area contributed by atoms with Gasteiger partial charge in [-0.1, -0.05) is 62.2 Å². The maximum absolute atomic E-state index is 11.1. The number of aromatic nitrogens is 3. The molecular weight excluding hydrogens is 321 g/mol. The normalized spacial score (nSPS) is 15.2. The molecule has 1 atom stereocenters. The van der Waals surface area contributed by atoms with E-state index >= 15 is 0 Å². The van der Waals surface area contributed by atoms with Gasteiger partial charge in [-0.05, 0) is 17.5 Å². The standard InChI is InChI=1S/C16H19Cl2N3O/c1-15(2,3)16(22,9-21-11-19-10-20-21)8-7-12-13(17)5-4-6-14(12)18/h4-8,10-11,22H,9H2,1-3H3/b8-7+. The Morgan fingerprint density at radius 2 is 1.86 bits per heavy atom. The van der Waals surface area contributed by atoms with Gasteiger partial charge in [-0.2, -0.15) is 5.10 Å². The lowest BCUT2D eigenvalue weighted by Gasteiger charge is -2.37. The van der Waals surface area contributed by atoms with Gasteiger partial charge in [-0.25, -0.2) is 9.67 Å². The molecule has 0 aliphatic carbocycles. The van der Waals surface area contributed by atoms with E-state index in [1.807, 2.05) is 20.8 Å². The minimum Gasteiger partial charge on any atom is -0.383 e. The van der Waals surface area contributed by atoms with Crippen LogP contribution in [-0.4, -0.2) is 25.5 Å². The second kappa shape index (κ2) is 6.41. The Labute approximate surface area is 140 Å². The molecule has 6 heteroatoms. The molecule has 0 aliphatic heterocycles. The highest BCUT2D eigenvalue weighted by Gasteiger charge is 2.38. The van der Waals surface area contributed by atoms with Gasteiger partial charge in [0.2, 0.25) is 0 Å². The van der Waals surface area contributed by atoms with E-state index in [1.54, 1.807) is 41.4 Å². The molecule has 0 bridgehead atoms. The van der Waals surface area contributed by atoms with Crippen LogP contribution in [0, 0.1) is 5.41 Å². The van der Waals surface area contributed by atoms with Crippen molar-refractivity contribution in [2.45, 2.75) is 32.9 Å². The van der Waals surface area contributed by atoms with Crippen LogP contribution >= 0.6 is 23.2 Å². The Morgan fingerprint density at radius 3 is 2.36 bits per heavy atom. The van der Waals surface area contributed by atoms with Crippen LogP contribution in [0.3, 0.4) is 0 Å². The van der Waals surface area contributed by atoms with Crippen molar-refractivity contribution in [2.75, 3.05) is 0 Å². The van der Waals surface area contributed by atoms with Gasteiger partial charge in [0, 0.05) is 15.6 Å². The molecule has 0 saturated carbocycles. The maximum atomic E-state index is 11.1. The molecule has 2 rings (SSSR count). The summed E-state index contributed by atoms with van der Waals surface area (Å²) in [4.78, 5) is 3.91. The van der Waals surface area contributed by atoms with Gasteiger partial charge in [0.25, 0.3) is 0 Å². The number of aliphatic hydroxyl groups is 1. The van der Waals surface area contributed by atoms with Crippen molar-refractivity contribution < 1.29 is 5.11 Å². The number of hydrogen-bond acceptors (Lipinski definition) is 3. The molecule has 0 amide bonds. The predicted octanol–water partition coefficient (Wildman–Crippen LogP) is 4.08. The van der Waals surface area contributed by atoms with Gasteiger partial charge < -0.3 is 5.11 Å². The molecular formula is C16H19Cl2N3O. The number of halogens is 2. The first-order chi connectivity index (χ1) is 10.2. The molecule has 0 spiro atoms. The van der Waals surface area contributed by atoms with Crippen LogP contribution < -0.4 is 0 Å². The van der Waals surface area contributed by atoms with Gasteiger partial charge >= 0.3 is 0 Å². The Kier molecular flexibility index (Phi) is 4.95. The summed E-state index contributed by atoms with van der Waals surface area (Å²) in [5.41, 5.74) is -0.862. The minimum atomic E-state index is -1.14. The lowest BCUT2D eigenvalue weighted by Crippen LogP contribution is -2.44. The van der Waals surface area contributed by atoms with Crippen LogP contribution in [0.4, 0.5) is 0 Å². The van der Waals surface area contributed by atoms with Gasteiger partial charge in [-0.3, -0.25) is 0 Å². The van der Waals surface area contributed by atoms with Gasteiger partial charge in [-0.15, -0.1) is 0 Å². The van der Waals surface area contributed by atoms with Crippen LogP contribution in [0.5, 0.6) is 0 Å². The Morgan fingerprint density at radius 1 is 1.23 bits per heavy atom. The molecule has 22 heavy (non-hydrogen) atoms. The van der Waals surface area contributed by atoms with Crippen LogP contribution in [0.2, 0.25) is 10.0 Å². The van der Waals surface area contributed by atoms with E-state index in [0.717, 1.165) is 0 Å². The fourth-order valence-electron chi connectivity index (χ4n) is 1.99. The first-order valence-electron chi connectivity index (χ1n) is 6.91. The number of hydrogen-bond donors (Lipinski definition) is 1. The van der Waals surface area contributed by atoms with E-state index in [2.05, 4.69) is 10.1 Å². The third-order valence-electron chi connectivity index (χ3n) is 3.69. The smallest absolute Gasteiger partial charge is 0.137 e. The van der Waals surface area contributed by atoms with Gasteiger partial charge in [0.15, 0.2) is 0 Å². The summed E-state index contributed by atoms with van der Waals surface area (Å²) in [7, 11) is 0. The molecule has 0 saturated heterocycles. The van der Waals surface area contributed by atoms with Crippen molar-refractivity contribution in [2.24, 2.45) is 5.41 Å². The van der Waals surface area contributed by atoms with E-state index in [0.29, 0.717) is 15.6 Å². The Bertz CT molecular complexity index is 642. The van der Waals surface area contributed by atoms with Gasteiger partial charge in [0.05, 0.1) is 6.54 Å². The maximum Gasteiger partial charge on any atom is 0.137 e. The second-order valence-electron chi connectivity index (χ2n) is 6.24. The van der Waals surface area contributed by atoms with E-state index in [1.165, 1.54) is 6.33 Å². The SMILES string of the molecule is CC(C)(C)C(O)(/C=C/c1c(Cl)cccc1Cl)Cn1cncn1. The second-order valence-corrected chi connectivity index (χ2v) is 7.05. The molecule has 0 aliphatic rings. The lowest BCUT2D eigenvalue weighted by atomic mass is 9.76. The summed E-state index contributed by atoms with van der Waals surface area (Å²) in [6.45, 7) is 6.17. The zero-order chi connectivity index (χ0) is 16.4. The van der Waals surface area contributed by atoms with Gasteiger partial charge in [0.1, 0.15) is 18.3 Å². The Hall–Kier alpha value is -1.36. The molecule has 2 aromatic rings. The van der Waals surface area contributed by atoms with E-state index in [9.17, 15) is 5.11 Å². The number of rotatable bonds is 4. The lowest BCUT2D eigenvalue weighted by molar-refractivity contribution is -0.0297. The molecule has 1 aromatic carbocycles. The monoisotopic (exact) mass is 339 g/mol. The first-order valence-corrected chi connectivity index (χ1v) is 7.66. The molecule has 0 fully saturated rings. The zero-order valence-corrected chi connectivity index (χ0v) is 14.3. The van der Waals surface area contributed by atoms with Crippen molar-refractivity contribution >= 4 is 29.3 Å². The average Bonchev–Trinajstić information content (AvgIpc) is 2.89. The largest absolute Gasteiger partial charge is 0.383 e. The predicted molar refractivity (Wildman–Crippen MR) is 89.9 cm³/mol. The quantitative estimate of drug-likeness (QED) is 0.913. The van der Waals surface area contributed by atoms with Crippen LogP contribution in [0.25, 0.3) is 6.08 Å². The molecule has 1 unspecified atom stereocenters. The highest BCUT2D eigenvalue weighted by atomic mass is 35.5. The average molecular weight is 340 g/mol. The van der Waals surface area contributed by atoms with Crippen LogP contribution in [0.15, 0.2) is 36.9 Å². The van der Waals surface area contributed by atoms with E-state index in [4.69, 9.17) is 23.2 Å². The molecule has 0 radical (unpaired) electrons. The van der Waals surface area contributed by atoms with Crippen LogP contribution in [-0.2, 0) is 6.54 Å². The summed E-state index contributed by atoms with van der Waals surface area (Å²) in [6, 6.07) is 5.31. The summed E-state index contributed by atoms with van der Waals surface area (Å²) in [5, 5.41) is 16.3. The molecule has 1 heterocycles. The third-order valence-corrected chi connectivity index (χ3v) is 4.35. The Balaban J connectivity index is 2.37. The van der Waals surface area contributed by atoms with Crippen molar-refractivity contribution in [3.63, 3.8) is 0 Å². The molecule has 1 N–H and O–H groups in total. The molecule has 118 valence electrons. The third kappa shape index (κ3) is 3.69. The van der Waals surface area contributed by atoms with Crippen molar-refractivity contribution in [1.82, 2.24) is 14.8 Å². The fourth-order valence-corrected chi connectivity index (χ4v) is 2.52. The van der Waals surface area contributed by atoms with Crippen LogP contribution in [0.1, 0.15) is 26.3 Å². The zero-order valence-electron chi connectivity index (χ0n) is 12.8. The topological polar surface area (TPSA) is 50.9 Å². The number of benzene rings is 1. The molecule has 1 aromatic heterocycles. The number of nitrogens with zero attached hydrogens (tertiary/aromatic N) is 3. The van der Waals surface area contributed by atoms with Crippen molar-refractivity contribution in [3.8, 4) is 0 Å². The summed E-state index contributed by atoms with van der Waals surface area (Å²) < 4.78 is 1.60. The highest BCUT2D eigenvalue weighted by Crippen LogP contribution is 2.35. The highest BCUT2D eigenvalue weighted by molar-refractivity contribution is 6.37. The van der Waals surface area contributed by atoms with E-state index < -0.39 is 11.0 Å². The van der Waals surface area contributed by atoms with E-state index in [-0.39, 0.29) is 6.54 Å². The minimum absolute atomic E-state index is 0.287. The molecule has 4 nitrogen and oxygen atoms in total. The summed E-state index contributed by atoms with van der Waals surface area (Å²) in [5.74, 6) is 0. The first kappa shape index (κ1) is 17.0. The fraction of sp³-hybridized carbons (Fsp3) is 0.375. The summed E-state index contributed by atoms with van der Waals surface area (Å²) in [6.07, 6.45) is 6.50. The summed E-state index contributed by atoms with van der Waals surface area (Å²) >= 11 is 12.3. The van der Waals surface area contributed by atoms with Crippen molar-refractivity contribution in [3.05, 3.63) is 52.5 Å². The van der Waals surface area contributed by atoms with Crippen molar-refractivity contribution in [1.29, 1.82) is 0 Å².